The van der Waals surface area contributed by atoms with Crippen molar-refractivity contribution in [2.24, 2.45) is 7.05 Å². The maximum absolute atomic E-state index is 12.5. The lowest BCUT2D eigenvalue weighted by Crippen LogP contribution is -2.57. The van der Waals surface area contributed by atoms with Crippen LogP contribution in [0.25, 0.3) is 11.0 Å². The van der Waals surface area contributed by atoms with Crippen LogP contribution in [0.2, 0.25) is 0 Å². The number of hydrogen-bond acceptors (Lipinski definition) is 4. The molecule has 2 aromatic carbocycles. The molecule has 0 unspecified atom stereocenters. The summed E-state index contributed by atoms with van der Waals surface area (Å²) < 4.78 is 6.03. The molecular formula is C19H21N5O2. The molecule has 26 heavy (non-hydrogen) atoms. The number of urea groups is 1. The normalized spacial score (nSPS) is 14.3. The van der Waals surface area contributed by atoms with Crippen LogP contribution in [0.5, 0.6) is 5.75 Å². The van der Waals surface area contributed by atoms with E-state index in [1.807, 2.05) is 36.4 Å². The largest absolute Gasteiger partial charge is 0.486 e. The standard InChI is InChI=1S/C19H21N5O2/c1-3-13-7-4-5-10-17(13)26-14-11-24(12-14)19(25)20-15-8-6-9-16-18(15)22-23(2)21-16/h4-10,14H,3,11-12H2,1-2H3,(H,20,25). The molecule has 7 nitrogen and oxygen atoms in total. The van der Waals surface area contributed by atoms with Gasteiger partial charge in [-0.25, -0.2) is 4.79 Å². The van der Waals surface area contributed by atoms with Crippen LogP contribution in [0.15, 0.2) is 42.5 Å². The van der Waals surface area contributed by atoms with Crippen molar-refractivity contribution < 1.29 is 9.53 Å². The number of carbonyl (C=O) groups excluding carboxylic acids is 1. The number of hydrogen-bond donors (Lipinski definition) is 1. The number of aryl methyl sites for hydroxylation is 2. The third-order valence-electron chi connectivity index (χ3n) is 4.54. The van der Waals surface area contributed by atoms with E-state index in [1.54, 1.807) is 11.9 Å². The predicted octanol–water partition coefficient (Wildman–Crippen LogP) is 2.83. The van der Waals surface area contributed by atoms with Gasteiger partial charge in [-0.1, -0.05) is 31.2 Å². The third-order valence-corrected chi connectivity index (χ3v) is 4.54. The number of rotatable bonds is 4. The fraction of sp³-hybridized carbons (Fsp3) is 0.316. The van der Waals surface area contributed by atoms with Gasteiger partial charge in [-0.3, -0.25) is 0 Å². The van der Waals surface area contributed by atoms with Crippen molar-refractivity contribution in [2.45, 2.75) is 19.4 Å². The molecule has 2 amide bonds. The Balaban J connectivity index is 1.37. The van der Waals surface area contributed by atoms with E-state index in [0.717, 1.165) is 17.7 Å². The minimum atomic E-state index is -0.147. The van der Waals surface area contributed by atoms with Crippen molar-refractivity contribution >= 4 is 22.8 Å². The number of carbonyl (C=O) groups is 1. The number of para-hydroxylation sites is 1. The molecule has 1 aliphatic heterocycles. The number of aromatic nitrogens is 3. The van der Waals surface area contributed by atoms with Gasteiger partial charge in [-0.05, 0) is 30.2 Å². The summed E-state index contributed by atoms with van der Waals surface area (Å²) in [5.74, 6) is 0.907. The zero-order valence-electron chi connectivity index (χ0n) is 14.8. The lowest BCUT2D eigenvalue weighted by Gasteiger charge is -2.39. The molecule has 4 rings (SSSR count). The smallest absolute Gasteiger partial charge is 0.322 e. The number of benzene rings is 2. The first kappa shape index (κ1) is 16.4. The quantitative estimate of drug-likeness (QED) is 0.784. The van der Waals surface area contributed by atoms with Crippen molar-refractivity contribution in [3.8, 4) is 5.75 Å². The number of nitrogens with zero attached hydrogens (tertiary/aromatic N) is 4. The Morgan fingerprint density at radius 2 is 2.00 bits per heavy atom. The highest BCUT2D eigenvalue weighted by atomic mass is 16.5. The number of fused-ring (bicyclic) bond motifs is 1. The molecule has 1 fully saturated rings. The predicted molar refractivity (Wildman–Crippen MR) is 99.3 cm³/mol. The lowest BCUT2D eigenvalue weighted by molar-refractivity contribution is 0.0487. The molecule has 2 heterocycles. The third kappa shape index (κ3) is 3.08. The maximum atomic E-state index is 12.5. The Kier molecular flexibility index (Phi) is 4.20. The first-order valence-corrected chi connectivity index (χ1v) is 8.74. The summed E-state index contributed by atoms with van der Waals surface area (Å²) in [6.07, 6.45) is 0.954. The zero-order chi connectivity index (χ0) is 18.1. The van der Waals surface area contributed by atoms with Gasteiger partial charge in [0.15, 0.2) is 0 Å². The van der Waals surface area contributed by atoms with Crippen molar-refractivity contribution in [1.29, 1.82) is 0 Å². The molecule has 0 bridgehead atoms. The lowest BCUT2D eigenvalue weighted by atomic mass is 10.1. The second-order valence-electron chi connectivity index (χ2n) is 6.40. The number of likely N-dealkylation sites (tertiary alicyclic amines) is 1. The van der Waals surface area contributed by atoms with E-state index in [9.17, 15) is 4.79 Å². The van der Waals surface area contributed by atoms with Gasteiger partial charge in [0.05, 0.1) is 18.8 Å². The molecule has 134 valence electrons. The topological polar surface area (TPSA) is 72.3 Å². The fourth-order valence-electron chi connectivity index (χ4n) is 3.10. The molecule has 7 heteroatoms. The summed E-state index contributed by atoms with van der Waals surface area (Å²) in [6, 6.07) is 13.5. The second kappa shape index (κ2) is 6.67. The molecule has 0 aliphatic carbocycles. The minimum Gasteiger partial charge on any atom is -0.486 e. The van der Waals surface area contributed by atoms with Gasteiger partial charge >= 0.3 is 6.03 Å². The van der Waals surface area contributed by atoms with E-state index in [1.165, 1.54) is 10.4 Å². The monoisotopic (exact) mass is 351 g/mol. The van der Waals surface area contributed by atoms with Crippen LogP contribution in [-0.4, -0.2) is 45.1 Å². The van der Waals surface area contributed by atoms with Gasteiger partial charge in [0, 0.05) is 7.05 Å². The first-order chi connectivity index (χ1) is 12.6. The van der Waals surface area contributed by atoms with Crippen molar-refractivity contribution in [3.63, 3.8) is 0 Å². The van der Waals surface area contributed by atoms with Gasteiger partial charge < -0.3 is 15.0 Å². The molecule has 1 saturated heterocycles. The molecule has 0 atom stereocenters. The van der Waals surface area contributed by atoms with Crippen molar-refractivity contribution in [1.82, 2.24) is 19.9 Å². The maximum Gasteiger partial charge on any atom is 0.322 e. The van der Waals surface area contributed by atoms with Gasteiger partial charge in [0.1, 0.15) is 22.9 Å². The van der Waals surface area contributed by atoms with Gasteiger partial charge in [0.25, 0.3) is 0 Å². The summed E-state index contributed by atoms with van der Waals surface area (Å²) in [5, 5.41) is 11.5. The van der Waals surface area contributed by atoms with E-state index in [2.05, 4.69) is 28.5 Å². The average molecular weight is 351 g/mol. The van der Waals surface area contributed by atoms with Crippen LogP contribution in [0.1, 0.15) is 12.5 Å². The highest BCUT2D eigenvalue weighted by Crippen LogP contribution is 2.24. The second-order valence-corrected chi connectivity index (χ2v) is 6.40. The minimum absolute atomic E-state index is 0.0285. The summed E-state index contributed by atoms with van der Waals surface area (Å²) in [4.78, 5) is 15.7. The summed E-state index contributed by atoms with van der Waals surface area (Å²) in [5.41, 5.74) is 3.30. The molecule has 3 aromatic rings. The SMILES string of the molecule is CCc1ccccc1OC1CN(C(=O)Nc2cccc3nn(C)nc23)C1. The average Bonchev–Trinajstić information content (AvgIpc) is 2.99. The molecular weight excluding hydrogens is 330 g/mol. The number of amides is 2. The van der Waals surface area contributed by atoms with E-state index < -0.39 is 0 Å². The van der Waals surface area contributed by atoms with Gasteiger partial charge in [-0.15, -0.1) is 0 Å². The number of ether oxygens (including phenoxy) is 1. The summed E-state index contributed by atoms with van der Waals surface area (Å²) >= 11 is 0. The zero-order valence-corrected chi connectivity index (χ0v) is 14.8. The Morgan fingerprint density at radius 3 is 2.81 bits per heavy atom. The van der Waals surface area contributed by atoms with Crippen LogP contribution in [0.4, 0.5) is 10.5 Å². The van der Waals surface area contributed by atoms with E-state index in [4.69, 9.17) is 4.74 Å². The Morgan fingerprint density at radius 1 is 1.19 bits per heavy atom. The molecule has 1 N–H and O–H groups in total. The van der Waals surface area contributed by atoms with Crippen molar-refractivity contribution in [3.05, 3.63) is 48.0 Å². The van der Waals surface area contributed by atoms with Crippen LogP contribution in [0.3, 0.4) is 0 Å². The number of nitrogens with one attached hydrogen (secondary N) is 1. The van der Waals surface area contributed by atoms with Crippen LogP contribution in [-0.2, 0) is 13.5 Å². The molecule has 0 saturated carbocycles. The van der Waals surface area contributed by atoms with Crippen LogP contribution in [0, 0.1) is 0 Å². The molecule has 1 aromatic heterocycles. The highest BCUT2D eigenvalue weighted by Gasteiger charge is 2.33. The molecule has 0 spiro atoms. The summed E-state index contributed by atoms with van der Waals surface area (Å²) in [6.45, 7) is 3.25. The fourth-order valence-corrected chi connectivity index (χ4v) is 3.10. The van der Waals surface area contributed by atoms with Gasteiger partial charge in [-0.2, -0.15) is 15.0 Å². The van der Waals surface area contributed by atoms with Gasteiger partial charge in [0.2, 0.25) is 0 Å². The Hall–Kier alpha value is -3.09. The van der Waals surface area contributed by atoms with Crippen molar-refractivity contribution in [2.75, 3.05) is 18.4 Å². The highest BCUT2D eigenvalue weighted by molar-refractivity contribution is 5.98. The van der Waals surface area contributed by atoms with E-state index >= 15 is 0 Å². The Bertz CT molecular complexity index is 946. The van der Waals surface area contributed by atoms with Crippen LogP contribution >= 0.6 is 0 Å². The molecule has 1 aliphatic rings. The van der Waals surface area contributed by atoms with E-state index in [-0.39, 0.29) is 12.1 Å². The summed E-state index contributed by atoms with van der Waals surface area (Å²) in [7, 11) is 1.76. The Labute approximate surface area is 151 Å². The molecule has 0 radical (unpaired) electrons. The number of anilines is 1. The first-order valence-electron chi connectivity index (χ1n) is 8.74. The van der Waals surface area contributed by atoms with Crippen LogP contribution < -0.4 is 10.1 Å². The van der Waals surface area contributed by atoms with E-state index in [0.29, 0.717) is 24.3 Å².